The third-order valence-electron chi connectivity index (χ3n) is 2.52. The average Bonchev–Trinajstić information content (AvgIpc) is 2.72. The highest BCUT2D eigenvalue weighted by molar-refractivity contribution is 9.10. The maximum atomic E-state index is 5.80. The fourth-order valence-corrected chi connectivity index (χ4v) is 3.09. The molecule has 1 aromatic carbocycles. The van der Waals surface area contributed by atoms with E-state index in [1.165, 1.54) is 10.4 Å². The van der Waals surface area contributed by atoms with E-state index >= 15 is 0 Å². The second-order valence-corrected chi connectivity index (χ2v) is 6.16. The summed E-state index contributed by atoms with van der Waals surface area (Å²) < 4.78 is 6.90. The normalized spacial score (nSPS) is 12.4. The third-order valence-corrected chi connectivity index (χ3v) is 4.42. The van der Waals surface area contributed by atoms with Crippen molar-refractivity contribution >= 4 is 27.3 Å². The van der Waals surface area contributed by atoms with Gasteiger partial charge in [0.15, 0.2) is 0 Å². The van der Waals surface area contributed by atoms with Gasteiger partial charge in [-0.15, -0.1) is 11.3 Å². The Kier molecular flexibility index (Phi) is 4.80. The van der Waals surface area contributed by atoms with Crippen molar-refractivity contribution in [3.8, 4) is 5.75 Å². The molecule has 2 rings (SSSR count). The molecule has 0 radical (unpaired) electrons. The molecule has 0 saturated heterocycles. The zero-order chi connectivity index (χ0) is 13.0. The van der Waals surface area contributed by atoms with Crippen molar-refractivity contribution in [3.05, 3.63) is 50.6 Å². The standard InChI is InChI=1S/C14H16BrNOS/c1-10(16)7-11-3-2-4-12(8-11)17-9-14-13(15)5-6-18-14/h2-6,8,10H,7,9,16H2,1H3. The lowest BCUT2D eigenvalue weighted by atomic mass is 10.1. The van der Waals surface area contributed by atoms with Gasteiger partial charge in [0, 0.05) is 10.5 Å². The summed E-state index contributed by atoms with van der Waals surface area (Å²) in [4.78, 5) is 1.20. The van der Waals surface area contributed by atoms with Crippen LogP contribution in [0.15, 0.2) is 40.2 Å². The second-order valence-electron chi connectivity index (χ2n) is 4.31. The summed E-state index contributed by atoms with van der Waals surface area (Å²) in [7, 11) is 0. The van der Waals surface area contributed by atoms with Gasteiger partial charge in [0.05, 0.1) is 4.88 Å². The highest BCUT2D eigenvalue weighted by Gasteiger charge is 2.04. The summed E-state index contributed by atoms with van der Waals surface area (Å²) >= 11 is 5.19. The molecule has 4 heteroatoms. The van der Waals surface area contributed by atoms with Crippen LogP contribution in [-0.2, 0) is 13.0 Å². The van der Waals surface area contributed by atoms with E-state index in [2.05, 4.69) is 33.4 Å². The molecular formula is C14H16BrNOS. The first kappa shape index (κ1) is 13.6. The molecule has 18 heavy (non-hydrogen) atoms. The predicted octanol–water partition coefficient (Wildman–Crippen LogP) is 3.98. The fourth-order valence-electron chi connectivity index (χ4n) is 1.71. The van der Waals surface area contributed by atoms with Gasteiger partial charge in [0.1, 0.15) is 12.4 Å². The van der Waals surface area contributed by atoms with Crippen LogP contribution in [0.5, 0.6) is 5.75 Å². The molecule has 2 nitrogen and oxygen atoms in total. The molecule has 0 spiro atoms. The minimum absolute atomic E-state index is 0.173. The number of ether oxygens (including phenoxy) is 1. The van der Waals surface area contributed by atoms with Crippen LogP contribution in [0.25, 0.3) is 0 Å². The number of benzene rings is 1. The molecule has 0 fully saturated rings. The number of rotatable bonds is 5. The summed E-state index contributed by atoms with van der Waals surface area (Å²) in [5.74, 6) is 0.897. The largest absolute Gasteiger partial charge is 0.488 e. The monoisotopic (exact) mass is 325 g/mol. The molecule has 1 atom stereocenters. The van der Waals surface area contributed by atoms with Crippen LogP contribution in [0.3, 0.4) is 0 Å². The highest BCUT2D eigenvalue weighted by atomic mass is 79.9. The molecule has 0 aliphatic rings. The minimum atomic E-state index is 0.173. The van der Waals surface area contributed by atoms with E-state index in [-0.39, 0.29) is 6.04 Å². The van der Waals surface area contributed by atoms with Gasteiger partial charge in [-0.1, -0.05) is 12.1 Å². The quantitative estimate of drug-likeness (QED) is 0.902. The van der Waals surface area contributed by atoms with Crippen LogP contribution >= 0.6 is 27.3 Å². The Labute approximate surface area is 120 Å². The van der Waals surface area contributed by atoms with Crippen LogP contribution in [-0.4, -0.2) is 6.04 Å². The molecular weight excluding hydrogens is 310 g/mol. The smallest absolute Gasteiger partial charge is 0.124 e. The van der Waals surface area contributed by atoms with E-state index in [9.17, 15) is 0 Å². The summed E-state index contributed by atoms with van der Waals surface area (Å²) in [6, 6.07) is 10.3. The Morgan fingerprint density at radius 2 is 2.22 bits per heavy atom. The first-order valence-corrected chi connectivity index (χ1v) is 7.51. The summed E-state index contributed by atoms with van der Waals surface area (Å²) in [6.07, 6.45) is 0.875. The first-order valence-electron chi connectivity index (χ1n) is 5.84. The molecule has 1 unspecified atom stereocenters. The summed E-state index contributed by atoms with van der Waals surface area (Å²) in [5, 5.41) is 2.05. The van der Waals surface area contributed by atoms with Crippen LogP contribution in [0.2, 0.25) is 0 Å². The third kappa shape index (κ3) is 3.83. The zero-order valence-corrected chi connectivity index (χ0v) is 12.6. The van der Waals surface area contributed by atoms with Crippen LogP contribution in [0, 0.1) is 0 Å². The molecule has 0 bridgehead atoms. The van der Waals surface area contributed by atoms with Gasteiger partial charge in [-0.05, 0) is 58.4 Å². The number of hydrogen-bond donors (Lipinski definition) is 1. The number of nitrogens with two attached hydrogens (primary N) is 1. The Bertz CT molecular complexity index is 510. The van der Waals surface area contributed by atoms with E-state index < -0.39 is 0 Å². The maximum absolute atomic E-state index is 5.80. The summed E-state index contributed by atoms with van der Waals surface area (Å²) in [5.41, 5.74) is 7.02. The first-order chi connectivity index (χ1) is 8.65. The molecule has 1 heterocycles. The van der Waals surface area contributed by atoms with Gasteiger partial charge in [0.2, 0.25) is 0 Å². The lowest BCUT2D eigenvalue weighted by molar-refractivity contribution is 0.309. The van der Waals surface area contributed by atoms with Crippen molar-refractivity contribution in [3.63, 3.8) is 0 Å². The van der Waals surface area contributed by atoms with Crippen molar-refractivity contribution in [2.75, 3.05) is 0 Å². The molecule has 0 saturated carbocycles. The van der Waals surface area contributed by atoms with Crippen molar-refractivity contribution in [1.29, 1.82) is 0 Å². The van der Waals surface area contributed by atoms with Crippen molar-refractivity contribution in [1.82, 2.24) is 0 Å². The van der Waals surface area contributed by atoms with E-state index in [1.54, 1.807) is 11.3 Å². The number of halogens is 1. The average molecular weight is 326 g/mol. The van der Waals surface area contributed by atoms with Gasteiger partial charge in [0.25, 0.3) is 0 Å². The van der Waals surface area contributed by atoms with E-state index in [0.29, 0.717) is 6.61 Å². The van der Waals surface area contributed by atoms with E-state index in [0.717, 1.165) is 16.6 Å². The topological polar surface area (TPSA) is 35.2 Å². The Balaban J connectivity index is 1.99. The van der Waals surface area contributed by atoms with Gasteiger partial charge < -0.3 is 10.5 Å². The molecule has 2 aromatic rings. The minimum Gasteiger partial charge on any atom is -0.488 e. The lowest BCUT2D eigenvalue weighted by Crippen LogP contribution is -2.17. The zero-order valence-electron chi connectivity index (χ0n) is 10.2. The second kappa shape index (κ2) is 6.36. The van der Waals surface area contributed by atoms with Crippen molar-refractivity contribution in [2.24, 2.45) is 5.73 Å². The van der Waals surface area contributed by atoms with Gasteiger partial charge in [-0.25, -0.2) is 0 Å². The van der Waals surface area contributed by atoms with E-state index in [4.69, 9.17) is 10.5 Å². The lowest BCUT2D eigenvalue weighted by Gasteiger charge is -2.09. The van der Waals surface area contributed by atoms with Crippen molar-refractivity contribution in [2.45, 2.75) is 26.0 Å². The SMILES string of the molecule is CC(N)Cc1cccc(OCc2sccc2Br)c1. The summed E-state index contributed by atoms with van der Waals surface area (Å²) in [6.45, 7) is 2.61. The fraction of sp³-hybridized carbons (Fsp3) is 0.286. The van der Waals surface area contributed by atoms with Gasteiger partial charge in [-0.3, -0.25) is 0 Å². The molecule has 1 aromatic heterocycles. The predicted molar refractivity (Wildman–Crippen MR) is 80.1 cm³/mol. The van der Waals surface area contributed by atoms with Crippen LogP contribution < -0.4 is 10.5 Å². The Hall–Kier alpha value is -0.840. The maximum Gasteiger partial charge on any atom is 0.124 e. The van der Waals surface area contributed by atoms with E-state index in [1.807, 2.05) is 25.1 Å². The Morgan fingerprint density at radius 1 is 1.39 bits per heavy atom. The molecule has 2 N–H and O–H groups in total. The number of thiophene rings is 1. The molecule has 0 aliphatic carbocycles. The highest BCUT2D eigenvalue weighted by Crippen LogP contribution is 2.24. The molecule has 0 aliphatic heterocycles. The number of hydrogen-bond acceptors (Lipinski definition) is 3. The van der Waals surface area contributed by atoms with Crippen LogP contribution in [0.1, 0.15) is 17.4 Å². The van der Waals surface area contributed by atoms with Gasteiger partial charge in [-0.2, -0.15) is 0 Å². The van der Waals surface area contributed by atoms with Crippen LogP contribution in [0.4, 0.5) is 0 Å². The molecule has 0 amide bonds. The van der Waals surface area contributed by atoms with Crippen molar-refractivity contribution < 1.29 is 4.74 Å². The van der Waals surface area contributed by atoms with Gasteiger partial charge >= 0.3 is 0 Å². The Morgan fingerprint density at radius 3 is 2.89 bits per heavy atom. The molecule has 96 valence electrons.